The highest BCUT2D eigenvalue weighted by Crippen LogP contribution is 2.32. The minimum absolute atomic E-state index is 0.0270. The van der Waals surface area contributed by atoms with Gasteiger partial charge in [0.05, 0.1) is 22.9 Å². The first-order valence-corrected chi connectivity index (χ1v) is 10.2. The third kappa shape index (κ3) is 6.30. The lowest BCUT2D eigenvalue weighted by molar-refractivity contribution is -0.105. The zero-order valence-electron chi connectivity index (χ0n) is 14.3. The van der Waals surface area contributed by atoms with Gasteiger partial charge in [-0.3, -0.25) is 4.79 Å². The number of hydrogen-bond donors (Lipinski definition) is 2. The van der Waals surface area contributed by atoms with Gasteiger partial charge in [0.2, 0.25) is 10.0 Å². The van der Waals surface area contributed by atoms with Crippen molar-refractivity contribution in [2.75, 3.05) is 17.6 Å². The lowest BCUT2D eigenvalue weighted by Gasteiger charge is -2.12. The van der Waals surface area contributed by atoms with E-state index in [0.717, 1.165) is 6.07 Å². The van der Waals surface area contributed by atoms with Crippen molar-refractivity contribution in [3.63, 3.8) is 0 Å². The number of amides is 1. The molecule has 0 spiro atoms. The summed E-state index contributed by atoms with van der Waals surface area (Å²) < 4.78 is 63.8. The van der Waals surface area contributed by atoms with Crippen molar-refractivity contribution in [3.8, 4) is 12.3 Å². The Hall–Kier alpha value is -2.48. The fourth-order valence-electron chi connectivity index (χ4n) is 2.07. The average molecular weight is 428 g/mol. The van der Waals surface area contributed by atoms with Crippen LogP contribution in [0.25, 0.3) is 0 Å². The second-order valence-electron chi connectivity index (χ2n) is 5.41. The number of terminal acetylenes is 1. The molecular weight excluding hydrogens is 413 g/mol. The van der Waals surface area contributed by atoms with Crippen molar-refractivity contribution in [2.45, 2.75) is 16.0 Å². The molecule has 0 aliphatic rings. The standard InChI is InChI=1S/C18H15F3N2O3S2/c1-2-10-22-28(25,26)14-7-5-6-13(11-14)17(24)23-15-8-3-4-9-16(15)27-12-18(19,20)21/h1,3-9,11,22H,10,12H2,(H,23,24). The molecular formula is C18H15F3N2O3S2. The van der Waals surface area contributed by atoms with Crippen LogP contribution in [0.15, 0.2) is 58.3 Å². The molecule has 0 fully saturated rings. The van der Waals surface area contributed by atoms with Gasteiger partial charge in [-0.05, 0) is 30.3 Å². The number of rotatable bonds is 7. The van der Waals surface area contributed by atoms with Crippen molar-refractivity contribution in [1.29, 1.82) is 0 Å². The van der Waals surface area contributed by atoms with Crippen molar-refractivity contribution >= 4 is 33.4 Å². The van der Waals surface area contributed by atoms with Gasteiger partial charge in [-0.25, -0.2) is 8.42 Å². The van der Waals surface area contributed by atoms with Crippen molar-refractivity contribution in [2.24, 2.45) is 0 Å². The van der Waals surface area contributed by atoms with Gasteiger partial charge in [0.1, 0.15) is 0 Å². The Labute approximate surface area is 164 Å². The number of thioether (sulfide) groups is 1. The molecule has 10 heteroatoms. The zero-order valence-corrected chi connectivity index (χ0v) is 15.9. The second-order valence-corrected chi connectivity index (χ2v) is 8.19. The molecule has 0 unspecified atom stereocenters. The number of anilines is 1. The molecule has 0 bridgehead atoms. The third-order valence-corrected chi connectivity index (χ3v) is 5.83. The van der Waals surface area contributed by atoms with Gasteiger partial charge < -0.3 is 5.32 Å². The molecule has 0 heterocycles. The molecule has 2 aromatic rings. The summed E-state index contributed by atoms with van der Waals surface area (Å²) in [5.74, 6) is 0.379. The largest absolute Gasteiger partial charge is 0.398 e. The van der Waals surface area contributed by atoms with E-state index in [0.29, 0.717) is 11.8 Å². The molecule has 2 N–H and O–H groups in total. The van der Waals surface area contributed by atoms with E-state index in [2.05, 4.69) is 16.0 Å². The molecule has 0 aliphatic carbocycles. The van der Waals surface area contributed by atoms with Crippen molar-refractivity contribution < 1.29 is 26.4 Å². The number of nitrogens with one attached hydrogen (secondary N) is 2. The Morgan fingerprint density at radius 1 is 1.14 bits per heavy atom. The maximum Gasteiger partial charge on any atom is 0.398 e. The quantitative estimate of drug-likeness (QED) is 0.523. The van der Waals surface area contributed by atoms with Gasteiger partial charge >= 0.3 is 6.18 Å². The van der Waals surface area contributed by atoms with Crippen LogP contribution in [0.3, 0.4) is 0 Å². The Balaban J connectivity index is 2.21. The van der Waals surface area contributed by atoms with Crippen LogP contribution in [0.1, 0.15) is 10.4 Å². The molecule has 0 saturated carbocycles. The molecule has 0 saturated heterocycles. The highest BCUT2D eigenvalue weighted by molar-refractivity contribution is 7.99. The van der Waals surface area contributed by atoms with Crippen LogP contribution in [-0.2, 0) is 10.0 Å². The Bertz CT molecular complexity index is 1000. The van der Waals surface area contributed by atoms with Crippen LogP contribution in [0, 0.1) is 12.3 Å². The summed E-state index contributed by atoms with van der Waals surface area (Å²) in [4.78, 5) is 12.6. The van der Waals surface area contributed by atoms with Gasteiger partial charge in [-0.1, -0.05) is 24.1 Å². The van der Waals surface area contributed by atoms with Crippen molar-refractivity contribution in [3.05, 3.63) is 54.1 Å². The van der Waals surface area contributed by atoms with Gasteiger partial charge in [0.25, 0.3) is 5.91 Å². The van der Waals surface area contributed by atoms with Gasteiger partial charge in [-0.15, -0.1) is 18.2 Å². The maximum atomic E-state index is 12.5. The number of halogens is 3. The lowest BCUT2D eigenvalue weighted by Crippen LogP contribution is -2.24. The van der Waals surface area contributed by atoms with E-state index >= 15 is 0 Å². The zero-order chi connectivity index (χ0) is 20.8. The normalized spacial score (nSPS) is 11.6. The van der Waals surface area contributed by atoms with Crippen LogP contribution in [0.4, 0.5) is 18.9 Å². The lowest BCUT2D eigenvalue weighted by atomic mass is 10.2. The minimum atomic E-state index is -4.35. The van der Waals surface area contributed by atoms with E-state index in [9.17, 15) is 26.4 Å². The van der Waals surface area contributed by atoms with Gasteiger partial charge in [0.15, 0.2) is 0 Å². The summed E-state index contributed by atoms with van der Waals surface area (Å²) in [6.07, 6.45) is 0.679. The highest BCUT2D eigenvalue weighted by atomic mass is 32.2. The summed E-state index contributed by atoms with van der Waals surface area (Å²) in [6.45, 7) is -0.206. The van der Waals surface area contributed by atoms with Crippen LogP contribution in [0.5, 0.6) is 0 Å². The van der Waals surface area contributed by atoms with E-state index in [1.54, 1.807) is 12.1 Å². The summed E-state index contributed by atoms with van der Waals surface area (Å²) in [7, 11) is -3.89. The number of carbonyl (C=O) groups is 1. The molecule has 0 aromatic heterocycles. The first-order valence-electron chi connectivity index (χ1n) is 7.75. The fourth-order valence-corrected chi connectivity index (χ4v) is 3.82. The number of alkyl halides is 3. The number of carbonyl (C=O) groups excluding carboxylic acids is 1. The summed E-state index contributed by atoms with van der Waals surface area (Å²) >= 11 is 0.543. The molecule has 0 aliphatic heterocycles. The number of para-hydroxylation sites is 1. The van der Waals surface area contributed by atoms with Crippen LogP contribution in [0.2, 0.25) is 0 Å². The van der Waals surface area contributed by atoms with Crippen LogP contribution in [-0.4, -0.2) is 32.8 Å². The Morgan fingerprint density at radius 3 is 2.54 bits per heavy atom. The van der Waals surface area contributed by atoms with E-state index in [1.807, 2.05) is 0 Å². The molecule has 0 atom stereocenters. The molecule has 2 aromatic carbocycles. The first kappa shape index (κ1) is 21.8. The van der Waals surface area contributed by atoms with Gasteiger partial charge in [0, 0.05) is 10.5 Å². The third-order valence-electron chi connectivity index (χ3n) is 3.30. The van der Waals surface area contributed by atoms with E-state index in [4.69, 9.17) is 6.42 Å². The van der Waals surface area contributed by atoms with E-state index < -0.39 is 27.9 Å². The van der Waals surface area contributed by atoms with E-state index in [-0.39, 0.29) is 27.6 Å². The number of sulfonamides is 1. The first-order chi connectivity index (χ1) is 13.1. The summed E-state index contributed by atoms with van der Waals surface area (Å²) in [6, 6.07) is 11.3. The van der Waals surface area contributed by atoms with E-state index in [1.165, 1.54) is 30.3 Å². The predicted octanol–water partition coefficient (Wildman–Crippen LogP) is 3.50. The molecule has 1 amide bonds. The SMILES string of the molecule is C#CCNS(=O)(=O)c1cccc(C(=O)Nc2ccccc2SCC(F)(F)F)c1. The maximum absolute atomic E-state index is 12.5. The minimum Gasteiger partial charge on any atom is -0.321 e. The Morgan fingerprint density at radius 2 is 1.86 bits per heavy atom. The Kier molecular flexibility index (Phi) is 7.12. The summed E-state index contributed by atoms with van der Waals surface area (Å²) in [5, 5.41) is 2.51. The smallest absolute Gasteiger partial charge is 0.321 e. The summed E-state index contributed by atoms with van der Waals surface area (Å²) in [5.41, 5.74) is 0.222. The van der Waals surface area contributed by atoms with Crippen LogP contribution >= 0.6 is 11.8 Å². The molecule has 0 radical (unpaired) electrons. The molecule has 148 valence electrons. The number of benzene rings is 2. The predicted molar refractivity (Wildman–Crippen MR) is 102 cm³/mol. The molecule has 5 nitrogen and oxygen atoms in total. The topological polar surface area (TPSA) is 75.3 Å². The van der Waals surface area contributed by atoms with Gasteiger partial charge in [-0.2, -0.15) is 17.9 Å². The second kappa shape index (κ2) is 9.14. The fraction of sp³-hybridized carbons (Fsp3) is 0.167. The average Bonchev–Trinajstić information content (AvgIpc) is 2.65. The molecule has 2 rings (SSSR count). The highest BCUT2D eigenvalue weighted by Gasteiger charge is 2.27. The molecule has 28 heavy (non-hydrogen) atoms. The van der Waals surface area contributed by atoms with Crippen LogP contribution < -0.4 is 10.0 Å². The number of hydrogen-bond acceptors (Lipinski definition) is 4. The monoisotopic (exact) mass is 428 g/mol. The van der Waals surface area contributed by atoms with Crippen molar-refractivity contribution in [1.82, 2.24) is 4.72 Å².